The molecular weight excluding hydrogens is 308 g/mol. The van der Waals surface area contributed by atoms with Crippen molar-refractivity contribution in [1.29, 1.82) is 0 Å². The molecule has 0 aromatic carbocycles. The zero-order valence-corrected chi connectivity index (χ0v) is 16.6. The van der Waals surface area contributed by atoms with Gasteiger partial charge >= 0.3 is 0 Å². The van der Waals surface area contributed by atoms with Crippen LogP contribution in [-0.4, -0.2) is 17.5 Å². The molecule has 0 spiro atoms. The maximum atomic E-state index is 11.8. The Morgan fingerprint density at radius 2 is 1.88 bits per heavy atom. The Morgan fingerprint density at radius 3 is 2.60 bits per heavy atom. The Balaban J connectivity index is 0.000000880. The fourth-order valence-corrected chi connectivity index (χ4v) is 6.94. The van der Waals surface area contributed by atoms with E-state index in [1.165, 1.54) is 37.7 Å². The average Bonchev–Trinajstić information content (AvgIpc) is 2.94. The van der Waals surface area contributed by atoms with Gasteiger partial charge in [0, 0.05) is 12.0 Å². The van der Waals surface area contributed by atoms with Gasteiger partial charge in [0.25, 0.3) is 0 Å². The van der Waals surface area contributed by atoms with Gasteiger partial charge in [-0.2, -0.15) is 0 Å². The van der Waals surface area contributed by atoms with Gasteiger partial charge in [0.05, 0.1) is 0 Å². The van der Waals surface area contributed by atoms with Crippen LogP contribution in [0, 0.1) is 34.5 Å². The standard InChI is InChI=1S/C21H30O2.C2H6/c1-20-11-8-19-17(18(20)6-4-14(20)9-12-22)5-3-15-13-16(23)7-10-21(15,19)2;1-2/h7,10,13-14,17-19,22H,3-6,8-9,11-12H2,1-2H3;1-2H3/t14-,17?,18?,19?,20-,21+;/m1./s1. The first-order chi connectivity index (χ1) is 12.0. The van der Waals surface area contributed by atoms with Crippen molar-refractivity contribution in [3.63, 3.8) is 0 Å². The van der Waals surface area contributed by atoms with E-state index in [4.69, 9.17) is 0 Å². The first-order valence-electron chi connectivity index (χ1n) is 10.5. The normalized spacial score (nSPS) is 44.8. The minimum atomic E-state index is 0.118. The Morgan fingerprint density at radius 1 is 1.12 bits per heavy atom. The molecule has 3 unspecified atom stereocenters. The first-order valence-corrected chi connectivity index (χ1v) is 10.5. The van der Waals surface area contributed by atoms with E-state index in [1.807, 2.05) is 26.0 Å². The van der Waals surface area contributed by atoms with Gasteiger partial charge in [-0.1, -0.05) is 39.3 Å². The van der Waals surface area contributed by atoms with Crippen LogP contribution in [0.2, 0.25) is 0 Å². The zero-order valence-electron chi connectivity index (χ0n) is 16.6. The molecule has 0 radical (unpaired) electrons. The third-order valence-electron chi connectivity index (χ3n) is 8.23. The van der Waals surface area contributed by atoms with E-state index < -0.39 is 0 Å². The van der Waals surface area contributed by atoms with Crippen molar-refractivity contribution in [1.82, 2.24) is 0 Å². The number of ketones is 1. The fourth-order valence-electron chi connectivity index (χ4n) is 6.94. The van der Waals surface area contributed by atoms with Crippen molar-refractivity contribution in [3.05, 3.63) is 23.8 Å². The number of hydrogen-bond acceptors (Lipinski definition) is 2. The van der Waals surface area contributed by atoms with Crippen molar-refractivity contribution in [2.45, 2.75) is 72.6 Å². The highest BCUT2D eigenvalue weighted by molar-refractivity contribution is 6.01. The predicted octanol–water partition coefficient (Wildman–Crippen LogP) is 5.32. The average molecular weight is 345 g/mol. The molecule has 3 saturated carbocycles. The highest BCUT2D eigenvalue weighted by Crippen LogP contribution is 2.66. The highest BCUT2D eigenvalue weighted by atomic mass is 16.3. The van der Waals surface area contributed by atoms with E-state index in [9.17, 15) is 9.90 Å². The lowest BCUT2D eigenvalue weighted by molar-refractivity contribution is -0.111. The summed E-state index contributed by atoms with van der Waals surface area (Å²) < 4.78 is 0. The summed E-state index contributed by atoms with van der Waals surface area (Å²) in [5.74, 6) is 3.23. The monoisotopic (exact) mass is 344 g/mol. The number of carbonyl (C=O) groups excluding carboxylic acids is 1. The summed E-state index contributed by atoms with van der Waals surface area (Å²) in [6.07, 6.45) is 14.5. The molecule has 0 heterocycles. The lowest BCUT2D eigenvalue weighted by Gasteiger charge is -2.57. The molecular formula is C23H36O2. The second-order valence-electron chi connectivity index (χ2n) is 8.93. The van der Waals surface area contributed by atoms with Gasteiger partial charge < -0.3 is 5.11 Å². The van der Waals surface area contributed by atoms with Crippen LogP contribution in [-0.2, 0) is 4.79 Å². The number of aliphatic hydroxyl groups excluding tert-OH is 1. The smallest absolute Gasteiger partial charge is 0.178 e. The Kier molecular flexibility index (Phi) is 5.31. The van der Waals surface area contributed by atoms with Crippen molar-refractivity contribution in [2.24, 2.45) is 34.5 Å². The van der Waals surface area contributed by atoms with E-state index in [1.54, 1.807) is 0 Å². The molecule has 0 aromatic rings. The van der Waals surface area contributed by atoms with Crippen molar-refractivity contribution in [2.75, 3.05) is 6.61 Å². The van der Waals surface area contributed by atoms with Gasteiger partial charge in [0.15, 0.2) is 5.78 Å². The Hall–Kier alpha value is -0.890. The van der Waals surface area contributed by atoms with Crippen LogP contribution in [0.4, 0.5) is 0 Å². The molecule has 1 N–H and O–H groups in total. The summed E-state index contributed by atoms with van der Waals surface area (Å²) in [6, 6.07) is 0. The molecule has 0 aliphatic heterocycles. The number of allylic oxidation sites excluding steroid dienone is 4. The van der Waals surface area contributed by atoms with E-state index in [-0.39, 0.29) is 11.2 Å². The molecule has 4 rings (SSSR count). The molecule has 2 nitrogen and oxygen atoms in total. The molecule has 140 valence electrons. The molecule has 25 heavy (non-hydrogen) atoms. The van der Waals surface area contributed by atoms with E-state index >= 15 is 0 Å². The van der Waals surface area contributed by atoms with Gasteiger partial charge in [0.1, 0.15) is 0 Å². The summed E-state index contributed by atoms with van der Waals surface area (Å²) in [5, 5.41) is 9.44. The van der Waals surface area contributed by atoms with E-state index in [0.29, 0.717) is 23.9 Å². The molecule has 0 bridgehead atoms. The van der Waals surface area contributed by atoms with Gasteiger partial charge in [-0.15, -0.1) is 0 Å². The molecule has 3 fully saturated rings. The third kappa shape index (κ3) is 2.85. The van der Waals surface area contributed by atoms with Crippen LogP contribution in [0.5, 0.6) is 0 Å². The minimum Gasteiger partial charge on any atom is -0.396 e. The van der Waals surface area contributed by atoms with Crippen LogP contribution in [0.15, 0.2) is 23.8 Å². The second-order valence-corrected chi connectivity index (χ2v) is 8.93. The van der Waals surface area contributed by atoms with Gasteiger partial charge in [-0.05, 0) is 86.2 Å². The van der Waals surface area contributed by atoms with Crippen LogP contribution < -0.4 is 0 Å². The molecule has 4 aliphatic rings. The van der Waals surface area contributed by atoms with E-state index in [0.717, 1.165) is 24.7 Å². The molecule has 0 saturated heterocycles. The number of hydrogen-bond donors (Lipinski definition) is 1. The Labute approximate surface area is 153 Å². The second kappa shape index (κ2) is 7.02. The van der Waals surface area contributed by atoms with Crippen LogP contribution in [0.1, 0.15) is 72.6 Å². The SMILES string of the molecule is CC.C[C@]12C=CC(=O)C=C1CCC1C2CC[C@@]2(C)C1CC[C@@H]2CCO. The summed E-state index contributed by atoms with van der Waals surface area (Å²) in [7, 11) is 0. The topological polar surface area (TPSA) is 37.3 Å². The summed E-state index contributed by atoms with van der Waals surface area (Å²) in [5.41, 5.74) is 1.95. The van der Waals surface area contributed by atoms with Crippen LogP contribution in [0.25, 0.3) is 0 Å². The summed E-state index contributed by atoms with van der Waals surface area (Å²) >= 11 is 0. The van der Waals surface area contributed by atoms with Crippen molar-refractivity contribution in [3.8, 4) is 0 Å². The third-order valence-corrected chi connectivity index (χ3v) is 8.23. The first kappa shape index (κ1) is 18.9. The van der Waals surface area contributed by atoms with Gasteiger partial charge in [-0.3, -0.25) is 4.79 Å². The highest BCUT2D eigenvalue weighted by Gasteiger charge is 2.58. The number of rotatable bonds is 2. The lowest BCUT2D eigenvalue weighted by Crippen LogP contribution is -2.49. The van der Waals surface area contributed by atoms with Crippen molar-refractivity contribution < 1.29 is 9.90 Å². The maximum absolute atomic E-state index is 11.8. The summed E-state index contributed by atoms with van der Waals surface area (Å²) in [6.45, 7) is 9.23. The molecule has 0 aromatic heterocycles. The lowest BCUT2D eigenvalue weighted by atomic mass is 9.47. The quantitative estimate of drug-likeness (QED) is 0.736. The molecule has 2 heteroatoms. The number of fused-ring (bicyclic) bond motifs is 5. The predicted molar refractivity (Wildman–Crippen MR) is 103 cm³/mol. The fraction of sp³-hybridized carbons (Fsp3) is 0.783. The van der Waals surface area contributed by atoms with Gasteiger partial charge in [0.2, 0.25) is 0 Å². The van der Waals surface area contributed by atoms with Gasteiger partial charge in [-0.25, -0.2) is 0 Å². The molecule has 6 atom stereocenters. The number of carbonyl (C=O) groups is 1. The molecule has 4 aliphatic carbocycles. The molecule has 0 amide bonds. The summed E-state index contributed by atoms with van der Waals surface area (Å²) in [4.78, 5) is 11.8. The minimum absolute atomic E-state index is 0.118. The van der Waals surface area contributed by atoms with Crippen molar-refractivity contribution >= 4 is 5.78 Å². The number of aliphatic hydroxyl groups is 1. The van der Waals surface area contributed by atoms with E-state index in [2.05, 4.69) is 19.9 Å². The Bertz CT molecular complexity index is 575. The maximum Gasteiger partial charge on any atom is 0.178 e. The van der Waals surface area contributed by atoms with Crippen LogP contribution >= 0.6 is 0 Å². The largest absolute Gasteiger partial charge is 0.396 e. The zero-order chi connectivity index (χ0) is 18.2. The van der Waals surface area contributed by atoms with Crippen LogP contribution in [0.3, 0.4) is 0 Å².